The summed E-state index contributed by atoms with van der Waals surface area (Å²) in [5.41, 5.74) is 0. The van der Waals surface area contributed by atoms with E-state index in [0.29, 0.717) is 0 Å². The average molecular weight is 228 g/mol. The summed E-state index contributed by atoms with van der Waals surface area (Å²) in [5, 5.41) is 2.17. The zero-order valence-corrected chi connectivity index (χ0v) is 7.84. The molecule has 0 atom stereocenters. The molecular weight excluding hydrogens is 215 g/mol. The number of halogens is 1. The zero-order chi connectivity index (χ0) is 6.57. The maximum Gasteiger partial charge on any atom is 0.0369 e. The van der Waals surface area contributed by atoms with Crippen LogP contribution in [0.3, 0.4) is 0 Å². The van der Waals surface area contributed by atoms with Gasteiger partial charge in [-0.05, 0) is 0 Å². The van der Waals surface area contributed by atoms with Gasteiger partial charge in [0, 0.05) is 43.0 Å². The molecule has 0 aliphatic rings. The van der Waals surface area contributed by atoms with Crippen LogP contribution in [0.5, 0.6) is 0 Å². The van der Waals surface area contributed by atoms with Crippen LogP contribution < -0.4 is 0 Å². The van der Waals surface area contributed by atoms with Crippen LogP contribution in [0.1, 0.15) is 13.8 Å². The monoisotopic (exact) mass is 228 g/mol. The quantitative estimate of drug-likeness (QED) is 0.410. The summed E-state index contributed by atoms with van der Waals surface area (Å²) in [6, 6.07) is 0. The van der Waals surface area contributed by atoms with Crippen molar-refractivity contribution in [1.29, 1.82) is 0 Å². The van der Waals surface area contributed by atoms with Crippen LogP contribution in [0, 0.1) is 0 Å². The Morgan fingerprint density at radius 2 is 1.75 bits per heavy atom. The van der Waals surface area contributed by atoms with Crippen molar-refractivity contribution in [3.63, 3.8) is 0 Å². The number of rotatable bonds is 3. The van der Waals surface area contributed by atoms with Crippen LogP contribution in [0.15, 0.2) is 0 Å². The minimum Gasteiger partial charge on any atom is -0.236 e. The Balaban J connectivity index is 3.29. The van der Waals surface area contributed by atoms with Gasteiger partial charge in [0.2, 0.25) is 0 Å². The molecule has 0 unspecified atom stereocenters. The summed E-state index contributed by atoms with van der Waals surface area (Å²) in [6.07, 6.45) is 0. The smallest absolute Gasteiger partial charge is 0.0369 e. The van der Waals surface area contributed by atoms with Gasteiger partial charge < -0.3 is 0 Å². The van der Waals surface area contributed by atoms with E-state index in [1.54, 1.807) is 0 Å². The highest BCUT2D eigenvalue weighted by molar-refractivity contribution is 14.1. The Morgan fingerprint density at radius 3 is 1.88 bits per heavy atom. The summed E-state index contributed by atoms with van der Waals surface area (Å²) in [6.45, 7) is 6.43. The molecule has 0 spiro atoms. The molecule has 0 N–H and O–H groups in total. The van der Waals surface area contributed by atoms with Crippen molar-refractivity contribution in [3.05, 3.63) is 0 Å². The molecule has 0 aliphatic heterocycles. The van der Waals surface area contributed by atoms with Crippen molar-refractivity contribution in [2.75, 3.05) is 20.1 Å². The molecule has 2 nitrogen and oxygen atoms in total. The Bertz CT molecular complexity index is 50.4. The molecular formula is C5H13IN2. The highest BCUT2D eigenvalue weighted by Crippen LogP contribution is 1.99. The van der Waals surface area contributed by atoms with Gasteiger partial charge in [0.25, 0.3) is 0 Å². The molecule has 8 heavy (non-hydrogen) atoms. The minimum atomic E-state index is 1.07. The highest BCUT2D eigenvalue weighted by atomic mass is 127. The van der Waals surface area contributed by atoms with E-state index >= 15 is 0 Å². The van der Waals surface area contributed by atoms with Crippen molar-refractivity contribution >= 4 is 22.9 Å². The van der Waals surface area contributed by atoms with E-state index in [1.165, 1.54) is 0 Å². The second-order valence-corrected chi connectivity index (χ2v) is 2.74. The molecule has 0 saturated heterocycles. The SMILES string of the molecule is CCN(C)N(I)CC. The predicted molar refractivity (Wildman–Crippen MR) is 44.7 cm³/mol. The van der Waals surface area contributed by atoms with Gasteiger partial charge in [-0.25, -0.2) is 5.01 Å². The maximum absolute atomic E-state index is 2.29. The van der Waals surface area contributed by atoms with E-state index in [2.05, 4.69) is 52.0 Å². The first-order valence-electron chi connectivity index (χ1n) is 2.86. The highest BCUT2D eigenvalue weighted by Gasteiger charge is 1.98. The summed E-state index contributed by atoms with van der Waals surface area (Å²) < 4.78 is 2.15. The van der Waals surface area contributed by atoms with E-state index < -0.39 is 0 Å². The molecule has 0 amide bonds. The fourth-order valence-electron chi connectivity index (χ4n) is 0.395. The third-order valence-electron chi connectivity index (χ3n) is 1.09. The Labute approximate surface area is 65.3 Å². The van der Waals surface area contributed by atoms with Gasteiger partial charge >= 0.3 is 0 Å². The fraction of sp³-hybridized carbons (Fsp3) is 1.00. The van der Waals surface area contributed by atoms with E-state index in [9.17, 15) is 0 Å². The molecule has 0 radical (unpaired) electrons. The van der Waals surface area contributed by atoms with Crippen LogP contribution in [0.4, 0.5) is 0 Å². The van der Waals surface area contributed by atoms with E-state index in [0.717, 1.165) is 13.1 Å². The second kappa shape index (κ2) is 4.52. The molecule has 0 bridgehead atoms. The standard InChI is InChI=1S/C5H13IN2/c1-4-7(3)8(6)5-2/h4-5H2,1-3H3. The van der Waals surface area contributed by atoms with Gasteiger partial charge in [-0.15, -0.1) is 0 Å². The second-order valence-electron chi connectivity index (χ2n) is 1.63. The maximum atomic E-state index is 2.29. The molecule has 0 aromatic rings. The van der Waals surface area contributed by atoms with Crippen molar-refractivity contribution in [3.8, 4) is 0 Å². The van der Waals surface area contributed by atoms with Gasteiger partial charge in [0.1, 0.15) is 0 Å². The molecule has 0 fully saturated rings. The zero-order valence-electron chi connectivity index (χ0n) is 5.69. The lowest BCUT2D eigenvalue weighted by Gasteiger charge is -2.22. The van der Waals surface area contributed by atoms with Gasteiger partial charge in [-0.2, -0.15) is 3.22 Å². The van der Waals surface area contributed by atoms with Crippen LogP contribution in [-0.2, 0) is 0 Å². The summed E-state index contributed by atoms with van der Waals surface area (Å²) in [5.74, 6) is 0. The number of hydrazine groups is 1. The lowest BCUT2D eigenvalue weighted by Crippen LogP contribution is -2.31. The normalized spacial score (nSPS) is 11.2. The van der Waals surface area contributed by atoms with Crippen LogP contribution in [-0.4, -0.2) is 28.4 Å². The molecule has 0 aromatic carbocycles. The lowest BCUT2D eigenvalue weighted by atomic mass is 10.7. The average Bonchev–Trinajstić information content (AvgIpc) is 1.84. The first-order chi connectivity index (χ1) is 3.72. The van der Waals surface area contributed by atoms with Gasteiger partial charge in [0.15, 0.2) is 0 Å². The molecule has 0 aliphatic carbocycles. The summed E-state index contributed by atoms with van der Waals surface area (Å²) >= 11 is 2.29. The Morgan fingerprint density at radius 1 is 1.25 bits per heavy atom. The number of hydrogen-bond donors (Lipinski definition) is 0. The summed E-state index contributed by atoms with van der Waals surface area (Å²) in [7, 11) is 2.08. The largest absolute Gasteiger partial charge is 0.236 e. The minimum absolute atomic E-state index is 1.07. The Hall–Kier alpha value is 0.650. The molecule has 3 heteroatoms. The predicted octanol–water partition coefficient (Wildman–Crippen LogP) is 1.52. The first kappa shape index (κ1) is 8.65. The number of nitrogens with zero attached hydrogens (tertiary/aromatic N) is 2. The third-order valence-corrected chi connectivity index (χ3v) is 2.51. The van der Waals surface area contributed by atoms with Crippen LogP contribution in [0.2, 0.25) is 0 Å². The molecule has 50 valence electrons. The molecule has 0 rings (SSSR count). The van der Waals surface area contributed by atoms with Crippen molar-refractivity contribution in [1.82, 2.24) is 8.23 Å². The topological polar surface area (TPSA) is 6.48 Å². The van der Waals surface area contributed by atoms with Gasteiger partial charge in [-0.1, -0.05) is 13.8 Å². The van der Waals surface area contributed by atoms with Gasteiger partial charge in [-0.3, -0.25) is 0 Å². The molecule has 0 saturated carbocycles. The molecule has 0 heterocycles. The van der Waals surface area contributed by atoms with Crippen LogP contribution in [0.25, 0.3) is 0 Å². The van der Waals surface area contributed by atoms with Crippen molar-refractivity contribution in [2.45, 2.75) is 13.8 Å². The molecule has 0 aromatic heterocycles. The van der Waals surface area contributed by atoms with E-state index in [4.69, 9.17) is 0 Å². The Kier molecular flexibility index (Phi) is 4.89. The van der Waals surface area contributed by atoms with E-state index in [1.807, 2.05) is 0 Å². The fourth-order valence-corrected chi connectivity index (χ4v) is 0.700. The van der Waals surface area contributed by atoms with Crippen LogP contribution >= 0.6 is 22.9 Å². The first-order valence-corrected chi connectivity index (χ1v) is 3.83. The van der Waals surface area contributed by atoms with Gasteiger partial charge in [0.05, 0.1) is 0 Å². The number of hydrogen-bond acceptors (Lipinski definition) is 2. The van der Waals surface area contributed by atoms with Crippen molar-refractivity contribution in [2.24, 2.45) is 0 Å². The van der Waals surface area contributed by atoms with E-state index in [-0.39, 0.29) is 0 Å². The van der Waals surface area contributed by atoms with Crippen molar-refractivity contribution < 1.29 is 0 Å². The summed E-state index contributed by atoms with van der Waals surface area (Å²) in [4.78, 5) is 0. The third kappa shape index (κ3) is 2.84. The lowest BCUT2D eigenvalue weighted by molar-refractivity contribution is 0.143.